The molecular weight excluding hydrogens is 1050 g/mol. The molecule has 2 saturated heterocycles. The molecule has 4 fully saturated rings. The zero-order valence-electron chi connectivity index (χ0n) is 51.1. The van der Waals surface area contributed by atoms with Gasteiger partial charge in [-0.25, -0.2) is 19.8 Å². The number of likely N-dealkylation sites (tertiary alicyclic amines) is 1. The Morgan fingerprint density at radius 2 is 1.50 bits per heavy atom. The van der Waals surface area contributed by atoms with E-state index in [1.807, 2.05) is 14.1 Å². The monoisotopic (exact) mass is 1160 g/mol. The fourth-order valence-electron chi connectivity index (χ4n) is 13.8. The number of nitrogens with zero attached hydrogens (tertiary/aromatic N) is 7. The summed E-state index contributed by atoms with van der Waals surface area (Å²) in [5.74, 6) is 0.665. The highest BCUT2D eigenvalue weighted by molar-refractivity contribution is 7.95. The van der Waals surface area contributed by atoms with Crippen LogP contribution in [0.5, 0.6) is 0 Å². The predicted molar refractivity (Wildman–Crippen MR) is 322 cm³/mol. The van der Waals surface area contributed by atoms with Crippen LogP contribution in [0.25, 0.3) is 0 Å². The van der Waals surface area contributed by atoms with Crippen LogP contribution in [0.1, 0.15) is 163 Å². The normalized spacial score (nSPS) is 25.0. The molecule has 5 aliphatic rings. The van der Waals surface area contributed by atoms with Crippen molar-refractivity contribution in [1.29, 1.82) is 0 Å². The lowest BCUT2D eigenvalue weighted by Gasteiger charge is -2.37. The Morgan fingerprint density at radius 3 is 2.19 bits per heavy atom. The van der Waals surface area contributed by atoms with Gasteiger partial charge in [-0.1, -0.05) is 37.8 Å². The Hall–Kier alpha value is -2.75. The summed E-state index contributed by atoms with van der Waals surface area (Å²) in [5.41, 5.74) is 2.02. The first-order valence-corrected chi connectivity index (χ1v) is 33.3. The number of quaternary nitrogens is 2. The molecule has 80 heavy (non-hydrogen) atoms. The van der Waals surface area contributed by atoms with Gasteiger partial charge in [-0.3, -0.25) is 14.1 Å². The Labute approximate surface area is 488 Å². The molecule has 0 spiro atoms. The van der Waals surface area contributed by atoms with Gasteiger partial charge in [0.05, 0.1) is 77.2 Å². The van der Waals surface area contributed by atoms with E-state index in [0.717, 1.165) is 178 Å². The number of morpholine rings is 1. The molecule has 0 aromatic rings. The first-order valence-electron chi connectivity index (χ1n) is 31.0. The van der Waals surface area contributed by atoms with E-state index in [0.29, 0.717) is 57.2 Å². The second-order valence-electron chi connectivity index (χ2n) is 26.3. The fourth-order valence-corrected chi connectivity index (χ4v) is 15.3. The van der Waals surface area contributed by atoms with E-state index < -0.39 is 15.4 Å². The minimum absolute atomic E-state index is 0.0638. The third-order valence-corrected chi connectivity index (χ3v) is 20.8. The number of hydrogen-bond donors (Lipinski definition) is 4. The van der Waals surface area contributed by atoms with Crippen LogP contribution in [-0.2, 0) is 33.8 Å². The Balaban J connectivity index is 1.09. The summed E-state index contributed by atoms with van der Waals surface area (Å²) in [5, 5.41) is 18.6. The van der Waals surface area contributed by atoms with E-state index in [1.54, 1.807) is 0 Å². The third kappa shape index (κ3) is 22.0. The smallest absolute Gasteiger partial charge is 0.267 e. The Morgan fingerprint density at radius 1 is 0.850 bits per heavy atom. The van der Waals surface area contributed by atoms with Crippen molar-refractivity contribution in [3.63, 3.8) is 0 Å². The number of ether oxygens (including phenoxy) is 1. The first kappa shape index (κ1) is 68.0. The highest BCUT2D eigenvalue weighted by atomic mass is 32.2. The van der Waals surface area contributed by atoms with Crippen molar-refractivity contribution in [1.82, 2.24) is 20.4 Å². The van der Waals surface area contributed by atoms with E-state index in [-0.39, 0.29) is 39.9 Å². The van der Waals surface area contributed by atoms with Gasteiger partial charge in [0, 0.05) is 111 Å². The summed E-state index contributed by atoms with van der Waals surface area (Å²) < 4.78 is 50.4. The molecule has 20 heteroatoms. The minimum atomic E-state index is -4.16. The number of fused-ring (bicyclic) bond motifs is 2. The van der Waals surface area contributed by atoms with Crippen molar-refractivity contribution >= 4 is 45.7 Å². The Bertz CT molecular complexity index is 2170. The molecular formula is C60H110N9O9S2+3. The van der Waals surface area contributed by atoms with Crippen LogP contribution in [0, 0.1) is 22.7 Å². The van der Waals surface area contributed by atoms with Crippen LogP contribution in [0.3, 0.4) is 0 Å². The summed E-state index contributed by atoms with van der Waals surface area (Å²) in [6.07, 6.45) is 25.3. The number of aliphatic imine (C=N–C) groups is 2. The molecule has 4 N–H and O–H groups in total. The van der Waals surface area contributed by atoms with E-state index in [2.05, 4.69) is 113 Å². The number of nitrogens with one attached hydrogen (secondary N) is 2. The average molecular weight is 1170 g/mol. The van der Waals surface area contributed by atoms with Gasteiger partial charge in [0.25, 0.3) is 10.1 Å². The summed E-state index contributed by atoms with van der Waals surface area (Å²) in [6.45, 7) is 22.0. The van der Waals surface area contributed by atoms with Crippen molar-refractivity contribution in [3.8, 4) is 0 Å². The third-order valence-electron chi connectivity index (χ3n) is 18.7. The van der Waals surface area contributed by atoms with Gasteiger partial charge in [0.1, 0.15) is 19.6 Å². The molecule has 3 heterocycles. The number of carbonyl (C=O) groups excluding carboxylic acids is 2. The van der Waals surface area contributed by atoms with Crippen molar-refractivity contribution in [2.75, 3.05) is 127 Å². The molecule has 0 bridgehead atoms. The number of unbranched alkanes of at least 4 members (excludes halogenated alkanes) is 7. The fraction of sp³-hybridized carbons (Fsp3) is 0.867. The Kier molecular flexibility index (Phi) is 28.6. The van der Waals surface area contributed by atoms with Crippen LogP contribution in [0.15, 0.2) is 33.9 Å². The molecule has 2 aliphatic carbocycles. The molecule has 458 valence electrons. The molecule has 2 amide bonds. The van der Waals surface area contributed by atoms with Crippen molar-refractivity contribution < 1.29 is 55.5 Å². The number of allylic oxidation sites excluding steroid dienone is 4. The van der Waals surface area contributed by atoms with Crippen molar-refractivity contribution in [3.05, 3.63) is 23.9 Å². The molecule has 6 unspecified atom stereocenters. The van der Waals surface area contributed by atoms with E-state index >= 15 is 0 Å². The van der Waals surface area contributed by atoms with Crippen LogP contribution in [0.4, 0.5) is 0 Å². The number of carbonyl (C=O) groups is 2. The molecule has 0 radical (unpaired) electrons. The summed E-state index contributed by atoms with van der Waals surface area (Å²) in [7, 11) is 6.80. The quantitative estimate of drug-likeness (QED) is 0.00677. The summed E-state index contributed by atoms with van der Waals surface area (Å²) in [4.78, 5) is 39.0. The molecule has 2 saturated carbocycles. The van der Waals surface area contributed by atoms with Crippen LogP contribution >= 0.6 is 12.0 Å². The van der Waals surface area contributed by atoms with E-state index in [4.69, 9.17) is 14.3 Å². The molecule has 5 rings (SSSR count). The molecule has 0 aromatic carbocycles. The topological polar surface area (TPSA) is 195 Å². The van der Waals surface area contributed by atoms with Crippen LogP contribution in [0.2, 0.25) is 0 Å². The maximum Gasteiger partial charge on any atom is 0.267 e. The van der Waals surface area contributed by atoms with Gasteiger partial charge < -0.3 is 34.1 Å². The zero-order valence-corrected chi connectivity index (χ0v) is 52.8. The predicted octanol–water partition coefficient (Wildman–Crippen LogP) is 8.67. The highest BCUT2D eigenvalue weighted by Crippen LogP contribution is 2.54. The lowest BCUT2D eigenvalue weighted by atomic mass is 9.69. The summed E-state index contributed by atoms with van der Waals surface area (Å²) >= 11 is 1.20. The molecule has 3 aliphatic heterocycles. The van der Waals surface area contributed by atoms with Gasteiger partial charge in [-0.05, 0) is 130 Å². The van der Waals surface area contributed by atoms with E-state index in [9.17, 15) is 22.6 Å². The SMILES string of the molecule is CN(C)CCCNC(=O)CCCCC[N+]1=C(/C=C/C=C2\N(CCCCCC(=O)NCCC[N+](C)(C)CCCCCCN=C=NCCC[N+]3(C)CCOCC3)C3CCC(S(=O)(=O)O)CC3C2(C)C)C(C)(C)C2CC(SOOO)CCC21. The largest absolute Gasteiger partial charge is 0.371 e. The molecule has 6 atom stereocenters. The van der Waals surface area contributed by atoms with Gasteiger partial charge >= 0.3 is 0 Å². The van der Waals surface area contributed by atoms with Gasteiger partial charge in [-0.15, -0.1) is 4.33 Å². The average Bonchev–Trinajstić information content (AvgIpc) is 3.83. The lowest BCUT2D eigenvalue weighted by molar-refractivity contribution is -0.916. The van der Waals surface area contributed by atoms with Crippen LogP contribution in [-0.4, -0.2) is 215 Å². The first-order chi connectivity index (χ1) is 38.1. The van der Waals surface area contributed by atoms with Crippen molar-refractivity contribution in [2.45, 2.75) is 185 Å². The maximum absolute atomic E-state index is 13.0. The van der Waals surface area contributed by atoms with E-state index in [1.165, 1.54) is 36.3 Å². The number of rotatable bonds is 37. The number of likely N-dealkylation sites (N-methyl/N-ethyl adjacent to an activating group) is 1. The highest BCUT2D eigenvalue weighted by Gasteiger charge is 2.56. The second kappa shape index (κ2) is 33.7. The standard InChI is InChI=1S/C60H107N9O9S2/c1-59(2)51-46-49(79-78-77-72)28-30-53(51)66(37-17-12-14-26-57(70)63-34-21-36-65(5)6)55(59)24-20-25-56-60(3,4)52-47-50(80(73,74)75)29-31-54(52)67(56)38-18-13-15-27-58(71)64-35-23-40-68(7,8)39-19-11-10-16-32-61-48-62-33-22-41-69(9)42-44-76-45-43-69/h20,24-25,49-54H,10-19,21-23,26-47H2,1-9H3,(H-3,63,64,70,71,72,73,74,75)/p+3. The van der Waals surface area contributed by atoms with Crippen LogP contribution < -0.4 is 10.6 Å². The lowest BCUT2D eigenvalue weighted by Crippen LogP contribution is -2.52. The molecule has 0 aromatic heterocycles. The van der Waals surface area contributed by atoms with Crippen molar-refractivity contribution in [2.24, 2.45) is 32.7 Å². The zero-order chi connectivity index (χ0) is 58.2. The van der Waals surface area contributed by atoms with Gasteiger partial charge in [0.15, 0.2) is 11.8 Å². The minimum Gasteiger partial charge on any atom is -0.371 e. The maximum atomic E-state index is 13.0. The summed E-state index contributed by atoms with van der Waals surface area (Å²) in [6, 6.07) is 3.44. The number of hydrogen-bond acceptors (Lipinski definition) is 13. The second-order valence-corrected chi connectivity index (χ2v) is 29.0. The van der Waals surface area contributed by atoms with Gasteiger partial charge in [0.2, 0.25) is 11.8 Å². The molecule has 18 nitrogen and oxygen atoms in total. The number of amides is 2. The van der Waals surface area contributed by atoms with Gasteiger partial charge in [-0.2, -0.15) is 8.42 Å².